The monoisotopic (exact) mass is 153 g/mol. The molecule has 60 valence electrons. The van der Waals surface area contributed by atoms with Crippen molar-refractivity contribution in [2.75, 3.05) is 13.2 Å². The molecular formula is C7H11N3O. The second-order valence-electron chi connectivity index (χ2n) is 2.19. The first-order valence-electron chi connectivity index (χ1n) is 3.33. The van der Waals surface area contributed by atoms with Gasteiger partial charge in [0.1, 0.15) is 11.7 Å². The molecule has 11 heavy (non-hydrogen) atoms. The van der Waals surface area contributed by atoms with Gasteiger partial charge in [0, 0.05) is 12.7 Å². The average molecular weight is 153 g/mol. The fourth-order valence-electron chi connectivity index (χ4n) is 0.814. The van der Waals surface area contributed by atoms with Crippen LogP contribution in [0.5, 0.6) is 0 Å². The van der Waals surface area contributed by atoms with E-state index in [1.54, 1.807) is 17.2 Å². The number of nitrogens with zero attached hydrogens (tertiary/aromatic N) is 2. The van der Waals surface area contributed by atoms with Gasteiger partial charge in [-0.1, -0.05) is 6.58 Å². The summed E-state index contributed by atoms with van der Waals surface area (Å²) in [7, 11) is 0. The molecular weight excluding hydrogens is 142 g/mol. The minimum absolute atomic E-state index is 0.0821. The molecule has 0 amide bonds. The quantitative estimate of drug-likeness (QED) is 0.569. The lowest BCUT2D eigenvalue weighted by Gasteiger charge is -2.21. The van der Waals surface area contributed by atoms with Crippen LogP contribution in [0.4, 0.5) is 0 Å². The smallest absolute Gasteiger partial charge is 0.127 e. The largest absolute Gasteiger partial charge is 0.395 e. The molecule has 0 radical (unpaired) electrons. The lowest BCUT2D eigenvalue weighted by molar-refractivity contribution is 0.256. The summed E-state index contributed by atoms with van der Waals surface area (Å²) in [4.78, 5) is 5.64. The van der Waals surface area contributed by atoms with Crippen LogP contribution >= 0.6 is 0 Å². The summed E-state index contributed by atoms with van der Waals surface area (Å²) in [5, 5.41) is 8.61. The highest BCUT2D eigenvalue weighted by Crippen LogP contribution is 2.07. The third kappa shape index (κ3) is 1.81. The van der Waals surface area contributed by atoms with Crippen LogP contribution in [-0.4, -0.2) is 29.0 Å². The van der Waals surface area contributed by atoms with Gasteiger partial charge in [-0.15, -0.1) is 0 Å². The number of amidine groups is 1. The van der Waals surface area contributed by atoms with Crippen molar-refractivity contribution in [3.63, 3.8) is 0 Å². The number of β-amino-alcohol motifs (C(OH)–C–C–N with tert-alkyl or cyclic N) is 1. The van der Waals surface area contributed by atoms with E-state index < -0.39 is 0 Å². The van der Waals surface area contributed by atoms with Crippen molar-refractivity contribution >= 4 is 5.84 Å². The molecule has 4 nitrogen and oxygen atoms in total. The fourth-order valence-corrected chi connectivity index (χ4v) is 0.814. The molecule has 0 spiro atoms. The second-order valence-corrected chi connectivity index (χ2v) is 2.19. The molecule has 0 fully saturated rings. The van der Waals surface area contributed by atoms with Gasteiger partial charge in [-0.25, -0.2) is 4.99 Å². The van der Waals surface area contributed by atoms with Gasteiger partial charge in [0.2, 0.25) is 0 Å². The van der Waals surface area contributed by atoms with E-state index in [-0.39, 0.29) is 6.61 Å². The molecule has 0 bridgehead atoms. The first kappa shape index (κ1) is 7.81. The van der Waals surface area contributed by atoms with Crippen molar-refractivity contribution < 1.29 is 5.11 Å². The Morgan fingerprint density at radius 2 is 2.45 bits per heavy atom. The zero-order valence-corrected chi connectivity index (χ0v) is 6.20. The van der Waals surface area contributed by atoms with E-state index in [9.17, 15) is 0 Å². The number of nitrogens with two attached hydrogens (primary N) is 1. The first-order valence-corrected chi connectivity index (χ1v) is 3.33. The zero-order valence-electron chi connectivity index (χ0n) is 6.20. The van der Waals surface area contributed by atoms with Gasteiger partial charge in [-0.3, -0.25) is 0 Å². The summed E-state index contributed by atoms with van der Waals surface area (Å²) in [6, 6.07) is 0. The highest BCUT2D eigenvalue weighted by molar-refractivity contribution is 5.92. The molecule has 0 aromatic heterocycles. The van der Waals surface area contributed by atoms with E-state index in [4.69, 9.17) is 10.8 Å². The van der Waals surface area contributed by atoms with Gasteiger partial charge >= 0.3 is 0 Å². The van der Waals surface area contributed by atoms with E-state index in [1.807, 2.05) is 0 Å². The van der Waals surface area contributed by atoms with Crippen molar-refractivity contribution in [3.8, 4) is 0 Å². The molecule has 1 rings (SSSR count). The van der Waals surface area contributed by atoms with Crippen molar-refractivity contribution in [2.45, 2.75) is 0 Å². The van der Waals surface area contributed by atoms with Crippen LogP contribution < -0.4 is 5.73 Å². The minimum atomic E-state index is 0.0821. The molecule has 0 saturated carbocycles. The molecule has 0 atom stereocenters. The van der Waals surface area contributed by atoms with Crippen molar-refractivity contribution in [1.82, 2.24) is 4.90 Å². The third-order valence-electron chi connectivity index (χ3n) is 1.36. The molecule has 4 heteroatoms. The highest BCUT2D eigenvalue weighted by Gasteiger charge is 2.06. The lowest BCUT2D eigenvalue weighted by atomic mass is 10.4. The number of aliphatic hydroxyl groups is 1. The second kappa shape index (κ2) is 3.21. The van der Waals surface area contributed by atoms with Crippen molar-refractivity contribution in [1.29, 1.82) is 0 Å². The molecule has 0 aliphatic carbocycles. The average Bonchev–Trinajstić information content (AvgIpc) is 1.95. The Labute approximate surface area is 65.3 Å². The van der Waals surface area contributed by atoms with Gasteiger partial charge in [0.15, 0.2) is 0 Å². The lowest BCUT2D eigenvalue weighted by Crippen LogP contribution is -2.25. The first-order chi connectivity index (χ1) is 5.24. The summed E-state index contributed by atoms with van der Waals surface area (Å²) >= 11 is 0. The van der Waals surface area contributed by atoms with Crippen LogP contribution in [0.3, 0.4) is 0 Å². The van der Waals surface area contributed by atoms with E-state index in [0.717, 1.165) is 0 Å². The highest BCUT2D eigenvalue weighted by atomic mass is 16.3. The molecule has 1 aliphatic heterocycles. The Morgan fingerprint density at radius 3 is 3.00 bits per heavy atom. The van der Waals surface area contributed by atoms with Gasteiger partial charge in [-0.05, 0) is 6.08 Å². The predicted octanol–water partition coefficient (Wildman–Crippen LogP) is -0.364. The Balaban J connectivity index is 2.62. The molecule has 0 aromatic carbocycles. The maximum Gasteiger partial charge on any atom is 0.127 e. The molecule has 0 unspecified atom stereocenters. The maximum atomic E-state index is 8.61. The number of aliphatic imine (C=N–C) groups is 1. The summed E-state index contributed by atoms with van der Waals surface area (Å²) in [5.41, 5.74) is 5.40. The van der Waals surface area contributed by atoms with E-state index >= 15 is 0 Å². The predicted molar refractivity (Wildman–Crippen MR) is 43.7 cm³/mol. The van der Waals surface area contributed by atoms with E-state index in [0.29, 0.717) is 18.2 Å². The van der Waals surface area contributed by atoms with Crippen molar-refractivity contribution in [3.05, 3.63) is 24.7 Å². The van der Waals surface area contributed by atoms with E-state index in [2.05, 4.69) is 11.6 Å². The van der Waals surface area contributed by atoms with Gasteiger partial charge in [-0.2, -0.15) is 0 Å². The van der Waals surface area contributed by atoms with Crippen molar-refractivity contribution in [2.24, 2.45) is 10.7 Å². The normalized spacial score (nSPS) is 17.0. The number of hydrogen-bond acceptors (Lipinski definition) is 4. The molecule has 1 heterocycles. The van der Waals surface area contributed by atoms with Gasteiger partial charge in [0.25, 0.3) is 0 Å². The Morgan fingerprint density at radius 1 is 1.73 bits per heavy atom. The van der Waals surface area contributed by atoms with Crippen LogP contribution in [0, 0.1) is 0 Å². The van der Waals surface area contributed by atoms with Crippen LogP contribution in [0.2, 0.25) is 0 Å². The summed E-state index contributed by atoms with van der Waals surface area (Å²) in [6.45, 7) is 4.25. The Kier molecular flexibility index (Phi) is 2.28. The van der Waals surface area contributed by atoms with Crippen LogP contribution in [0.15, 0.2) is 29.7 Å². The fraction of sp³-hybridized carbons (Fsp3) is 0.286. The number of hydrogen-bond donors (Lipinski definition) is 2. The van der Waals surface area contributed by atoms with Crippen LogP contribution in [0.25, 0.3) is 0 Å². The van der Waals surface area contributed by atoms with Gasteiger partial charge < -0.3 is 15.7 Å². The number of aliphatic hydroxyl groups excluding tert-OH is 1. The summed E-state index contributed by atoms with van der Waals surface area (Å²) in [6.07, 6.45) is 3.42. The van der Waals surface area contributed by atoms with Crippen LogP contribution in [0.1, 0.15) is 0 Å². The SMILES string of the molecule is C=C1N=C(N)C=CN1CCO. The topological polar surface area (TPSA) is 61.8 Å². The molecule has 0 saturated heterocycles. The van der Waals surface area contributed by atoms with E-state index in [1.165, 1.54) is 0 Å². The third-order valence-corrected chi connectivity index (χ3v) is 1.36. The summed E-state index contributed by atoms with van der Waals surface area (Å²) < 4.78 is 0. The summed E-state index contributed by atoms with van der Waals surface area (Å²) in [5.74, 6) is 1.02. The maximum absolute atomic E-state index is 8.61. The van der Waals surface area contributed by atoms with Gasteiger partial charge in [0.05, 0.1) is 6.61 Å². The zero-order chi connectivity index (χ0) is 8.27. The molecule has 3 N–H and O–H groups in total. The molecule has 0 aromatic rings. The number of rotatable bonds is 2. The Bertz CT molecular complexity index is 220. The Hall–Kier alpha value is -1.29. The van der Waals surface area contributed by atoms with Crippen LogP contribution in [-0.2, 0) is 0 Å². The minimum Gasteiger partial charge on any atom is -0.395 e. The molecule has 1 aliphatic rings. The standard InChI is InChI=1S/C7H11N3O/c1-6-9-7(8)2-3-10(6)4-5-11/h2-3,11H,1,4-5H2,(H2,8,9).